The molecule has 1 unspecified atom stereocenters. The SMILES string of the molecule is CNC(C)c1ccc(NC(=O)c2ccncc2F)cc1. The molecule has 0 aliphatic heterocycles. The molecule has 0 bridgehead atoms. The zero-order valence-electron chi connectivity index (χ0n) is 11.4. The second-order valence-corrected chi connectivity index (χ2v) is 4.44. The van der Waals surface area contributed by atoms with Gasteiger partial charge in [0.15, 0.2) is 5.82 Å². The monoisotopic (exact) mass is 273 g/mol. The van der Waals surface area contributed by atoms with E-state index in [-0.39, 0.29) is 11.6 Å². The summed E-state index contributed by atoms with van der Waals surface area (Å²) in [7, 11) is 1.88. The number of rotatable bonds is 4. The van der Waals surface area contributed by atoms with Crippen LogP contribution in [0.5, 0.6) is 0 Å². The Labute approximate surface area is 117 Å². The molecule has 5 heteroatoms. The van der Waals surface area contributed by atoms with Crippen LogP contribution in [0.3, 0.4) is 0 Å². The Morgan fingerprint density at radius 3 is 2.55 bits per heavy atom. The first-order valence-electron chi connectivity index (χ1n) is 6.30. The molecule has 1 aromatic carbocycles. The quantitative estimate of drug-likeness (QED) is 0.900. The molecule has 2 rings (SSSR count). The molecule has 1 aromatic heterocycles. The van der Waals surface area contributed by atoms with Crippen molar-refractivity contribution in [1.29, 1.82) is 0 Å². The minimum Gasteiger partial charge on any atom is -0.322 e. The van der Waals surface area contributed by atoms with Crippen LogP contribution in [0.2, 0.25) is 0 Å². The zero-order valence-corrected chi connectivity index (χ0v) is 11.4. The molecular weight excluding hydrogens is 257 g/mol. The van der Waals surface area contributed by atoms with E-state index in [0.717, 1.165) is 11.8 Å². The summed E-state index contributed by atoms with van der Waals surface area (Å²) < 4.78 is 13.4. The third-order valence-corrected chi connectivity index (χ3v) is 3.12. The molecule has 2 aromatic rings. The van der Waals surface area contributed by atoms with Crippen LogP contribution in [0, 0.1) is 5.82 Å². The van der Waals surface area contributed by atoms with E-state index in [9.17, 15) is 9.18 Å². The van der Waals surface area contributed by atoms with E-state index in [1.54, 1.807) is 12.1 Å². The van der Waals surface area contributed by atoms with Crippen molar-refractivity contribution in [2.24, 2.45) is 0 Å². The highest BCUT2D eigenvalue weighted by atomic mass is 19.1. The van der Waals surface area contributed by atoms with Crippen molar-refractivity contribution < 1.29 is 9.18 Å². The first-order valence-corrected chi connectivity index (χ1v) is 6.30. The van der Waals surface area contributed by atoms with Gasteiger partial charge in [0, 0.05) is 17.9 Å². The number of nitrogens with one attached hydrogen (secondary N) is 2. The largest absolute Gasteiger partial charge is 0.322 e. The van der Waals surface area contributed by atoms with Crippen LogP contribution < -0.4 is 10.6 Å². The van der Waals surface area contributed by atoms with Gasteiger partial charge in [0.1, 0.15) is 0 Å². The van der Waals surface area contributed by atoms with E-state index in [1.165, 1.54) is 12.3 Å². The third kappa shape index (κ3) is 3.19. The van der Waals surface area contributed by atoms with Crippen LogP contribution in [-0.4, -0.2) is 17.9 Å². The summed E-state index contributed by atoms with van der Waals surface area (Å²) in [6, 6.07) is 9.00. The van der Waals surface area contributed by atoms with Crippen molar-refractivity contribution in [3.8, 4) is 0 Å². The van der Waals surface area contributed by atoms with Gasteiger partial charge < -0.3 is 10.6 Å². The highest BCUT2D eigenvalue weighted by Gasteiger charge is 2.11. The summed E-state index contributed by atoms with van der Waals surface area (Å²) in [4.78, 5) is 15.5. The van der Waals surface area contributed by atoms with Crippen molar-refractivity contribution >= 4 is 11.6 Å². The number of nitrogens with zero attached hydrogens (tertiary/aromatic N) is 1. The van der Waals surface area contributed by atoms with Gasteiger partial charge in [-0.05, 0) is 37.7 Å². The van der Waals surface area contributed by atoms with Crippen LogP contribution in [-0.2, 0) is 0 Å². The number of halogens is 1. The lowest BCUT2D eigenvalue weighted by atomic mass is 10.1. The molecule has 0 aliphatic rings. The van der Waals surface area contributed by atoms with Crippen LogP contribution in [0.4, 0.5) is 10.1 Å². The molecule has 104 valence electrons. The summed E-state index contributed by atoms with van der Waals surface area (Å²) in [5.41, 5.74) is 1.71. The first kappa shape index (κ1) is 14.1. The summed E-state index contributed by atoms with van der Waals surface area (Å²) in [5.74, 6) is -1.12. The predicted octanol–water partition coefficient (Wildman–Crippen LogP) is 2.75. The second kappa shape index (κ2) is 6.25. The third-order valence-electron chi connectivity index (χ3n) is 3.12. The number of amides is 1. The standard InChI is InChI=1S/C15H16FN3O/c1-10(17-2)11-3-5-12(6-4-11)19-15(20)13-7-8-18-9-14(13)16/h3-10,17H,1-2H3,(H,19,20). The highest BCUT2D eigenvalue weighted by molar-refractivity contribution is 6.04. The number of benzene rings is 1. The van der Waals surface area contributed by atoms with Gasteiger partial charge in [-0.2, -0.15) is 0 Å². The minimum absolute atomic E-state index is 0.0207. The molecule has 0 fully saturated rings. The fourth-order valence-corrected chi connectivity index (χ4v) is 1.78. The maximum absolute atomic E-state index is 13.4. The lowest BCUT2D eigenvalue weighted by molar-refractivity contribution is 0.102. The Balaban J connectivity index is 2.11. The molecular formula is C15H16FN3O. The topological polar surface area (TPSA) is 54.0 Å². The highest BCUT2D eigenvalue weighted by Crippen LogP contribution is 2.16. The van der Waals surface area contributed by atoms with E-state index >= 15 is 0 Å². The molecule has 0 radical (unpaired) electrons. The van der Waals surface area contributed by atoms with Crippen LogP contribution in [0.15, 0.2) is 42.7 Å². The van der Waals surface area contributed by atoms with Gasteiger partial charge in [0.2, 0.25) is 0 Å². The number of anilines is 1. The number of hydrogen-bond donors (Lipinski definition) is 2. The Bertz CT molecular complexity index is 598. The molecule has 2 N–H and O–H groups in total. The number of pyridine rings is 1. The average Bonchev–Trinajstić information content (AvgIpc) is 2.47. The molecule has 0 saturated carbocycles. The van der Waals surface area contributed by atoms with Crippen molar-refractivity contribution in [2.45, 2.75) is 13.0 Å². The lowest BCUT2D eigenvalue weighted by Crippen LogP contribution is -2.15. The normalized spacial score (nSPS) is 11.9. The number of carbonyl (C=O) groups excluding carboxylic acids is 1. The summed E-state index contributed by atoms with van der Waals surface area (Å²) in [6.07, 6.45) is 2.41. The maximum atomic E-state index is 13.4. The molecule has 1 atom stereocenters. The van der Waals surface area contributed by atoms with Gasteiger partial charge in [-0.15, -0.1) is 0 Å². The van der Waals surface area contributed by atoms with Gasteiger partial charge in [-0.3, -0.25) is 9.78 Å². The molecule has 4 nitrogen and oxygen atoms in total. The van der Waals surface area contributed by atoms with Gasteiger partial charge in [0.05, 0.1) is 11.8 Å². The molecule has 1 amide bonds. The molecule has 0 spiro atoms. The maximum Gasteiger partial charge on any atom is 0.258 e. The Kier molecular flexibility index (Phi) is 4.42. The zero-order chi connectivity index (χ0) is 14.5. The Morgan fingerprint density at radius 2 is 1.95 bits per heavy atom. The number of aromatic nitrogens is 1. The van der Waals surface area contributed by atoms with Gasteiger partial charge >= 0.3 is 0 Å². The van der Waals surface area contributed by atoms with Crippen LogP contribution in [0.25, 0.3) is 0 Å². The average molecular weight is 273 g/mol. The van der Waals surface area contributed by atoms with E-state index in [2.05, 4.69) is 15.6 Å². The molecule has 1 heterocycles. The van der Waals surface area contributed by atoms with Gasteiger partial charge in [0.25, 0.3) is 5.91 Å². The van der Waals surface area contributed by atoms with Crippen molar-refractivity contribution in [2.75, 3.05) is 12.4 Å². The van der Waals surface area contributed by atoms with Crippen LogP contribution >= 0.6 is 0 Å². The summed E-state index contributed by atoms with van der Waals surface area (Å²) in [5, 5.41) is 5.79. The van der Waals surface area contributed by atoms with Gasteiger partial charge in [-0.1, -0.05) is 12.1 Å². The van der Waals surface area contributed by atoms with E-state index in [4.69, 9.17) is 0 Å². The van der Waals surface area contributed by atoms with Crippen molar-refractivity contribution in [3.63, 3.8) is 0 Å². The predicted molar refractivity (Wildman–Crippen MR) is 76.1 cm³/mol. The lowest BCUT2D eigenvalue weighted by Gasteiger charge is -2.11. The number of hydrogen-bond acceptors (Lipinski definition) is 3. The van der Waals surface area contributed by atoms with E-state index < -0.39 is 11.7 Å². The molecule has 0 aliphatic carbocycles. The van der Waals surface area contributed by atoms with Crippen molar-refractivity contribution in [1.82, 2.24) is 10.3 Å². The summed E-state index contributed by atoms with van der Waals surface area (Å²) >= 11 is 0. The van der Waals surface area contributed by atoms with Crippen LogP contribution in [0.1, 0.15) is 28.9 Å². The Morgan fingerprint density at radius 1 is 1.25 bits per heavy atom. The fourth-order valence-electron chi connectivity index (χ4n) is 1.78. The Hall–Kier alpha value is -2.27. The van der Waals surface area contributed by atoms with Crippen molar-refractivity contribution in [3.05, 3.63) is 59.7 Å². The summed E-state index contributed by atoms with van der Waals surface area (Å²) in [6.45, 7) is 2.04. The second-order valence-electron chi connectivity index (χ2n) is 4.44. The van der Waals surface area contributed by atoms with Gasteiger partial charge in [-0.25, -0.2) is 4.39 Å². The number of carbonyl (C=O) groups is 1. The van der Waals surface area contributed by atoms with E-state index in [1.807, 2.05) is 26.1 Å². The molecule has 20 heavy (non-hydrogen) atoms. The fraction of sp³-hybridized carbons (Fsp3) is 0.200. The first-order chi connectivity index (χ1) is 9.61. The smallest absolute Gasteiger partial charge is 0.258 e. The van der Waals surface area contributed by atoms with E-state index in [0.29, 0.717) is 5.69 Å². The molecule has 0 saturated heterocycles. The minimum atomic E-state index is -0.634.